The quantitative estimate of drug-likeness (QED) is 0.636. The summed E-state index contributed by atoms with van der Waals surface area (Å²) in [5.74, 6) is 0.826. The molecule has 2 N–H and O–H groups in total. The van der Waals surface area contributed by atoms with Crippen molar-refractivity contribution < 1.29 is 4.79 Å². The normalized spacial score (nSPS) is 21.4. The summed E-state index contributed by atoms with van der Waals surface area (Å²) in [6.07, 6.45) is 4.71. The highest BCUT2D eigenvalue weighted by molar-refractivity contribution is 5.81. The fourth-order valence-corrected chi connectivity index (χ4v) is 2.67. The Hall–Kier alpha value is -0.610. The van der Waals surface area contributed by atoms with Crippen molar-refractivity contribution in [3.63, 3.8) is 0 Å². The van der Waals surface area contributed by atoms with E-state index in [2.05, 4.69) is 36.3 Å². The number of carbonyl (C=O) groups is 1. The van der Waals surface area contributed by atoms with Gasteiger partial charge in [-0.05, 0) is 52.6 Å². The molecule has 2 atom stereocenters. The molecule has 0 saturated carbocycles. The van der Waals surface area contributed by atoms with E-state index in [0.29, 0.717) is 12.0 Å². The van der Waals surface area contributed by atoms with Crippen LogP contribution in [-0.2, 0) is 4.79 Å². The van der Waals surface area contributed by atoms with Crippen LogP contribution in [0, 0.1) is 5.92 Å². The summed E-state index contributed by atoms with van der Waals surface area (Å²) in [6, 6.07) is 0.559. The Morgan fingerprint density at radius 2 is 2.05 bits per heavy atom. The summed E-state index contributed by atoms with van der Waals surface area (Å²) in [4.78, 5) is 14.4. The lowest BCUT2D eigenvalue weighted by Gasteiger charge is -2.21. The standard InChI is InChI=1S/C16H33N3O/c1-5-6-7-9-17-16(20)14(4)18-11-15-8-10-19(12-15)13(2)3/h13-15,18H,5-12H2,1-4H3,(H,17,20). The van der Waals surface area contributed by atoms with Crippen molar-refractivity contribution >= 4 is 5.91 Å². The third-order valence-electron chi connectivity index (χ3n) is 4.23. The monoisotopic (exact) mass is 283 g/mol. The lowest BCUT2D eigenvalue weighted by atomic mass is 10.1. The van der Waals surface area contributed by atoms with Crippen molar-refractivity contribution in [1.29, 1.82) is 0 Å². The molecule has 4 heteroatoms. The molecule has 20 heavy (non-hydrogen) atoms. The molecule has 1 saturated heterocycles. The van der Waals surface area contributed by atoms with Crippen LogP contribution in [0.3, 0.4) is 0 Å². The second-order valence-corrected chi connectivity index (χ2v) is 6.37. The Balaban J connectivity index is 2.13. The Labute approximate surface area is 124 Å². The first-order chi connectivity index (χ1) is 9.54. The number of rotatable bonds is 9. The maximum Gasteiger partial charge on any atom is 0.236 e. The van der Waals surface area contributed by atoms with Crippen LogP contribution in [-0.4, -0.2) is 49.1 Å². The third kappa shape index (κ3) is 6.23. The van der Waals surface area contributed by atoms with Gasteiger partial charge in [0, 0.05) is 19.1 Å². The van der Waals surface area contributed by atoms with Gasteiger partial charge < -0.3 is 15.5 Å². The number of hydrogen-bond donors (Lipinski definition) is 2. The number of nitrogens with one attached hydrogen (secondary N) is 2. The second kappa shape index (κ2) is 9.35. The highest BCUT2D eigenvalue weighted by Crippen LogP contribution is 2.17. The zero-order valence-corrected chi connectivity index (χ0v) is 13.7. The van der Waals surface area contributed by atoms with Crippen LogP contribution in [0.5, 0.6) is 0 Å². The van der Waals surface area contributed by atoms with Gasteiger partial charge in [-0.15, -0.1) is 0 Å². The summed E-state index contributed by atoms with van der Waals surface area (Å²) >= 11 is 0. The van der Waals surface area contributed by atoms with Gasteiger partial charge in [-0.25, -0.2) is 0 Å². The molecule has 0 aromatic rings. The Morgan fingerprint density at radius 3 is 2.65 bits per heavy atom. The molecule has 0 aliphatic carbocycles. The molecule has 0 radical (unpaired) electrons. The average Bonchev–Trinajstić information content (AvgIpc) is 2.89. The van der Waals surface area contributed by atoms with Crippen LogP contribution < -0.4 is 10.6 Å². The highest BCUT2D eigenvalue weighted by atomic mass is 16.2. The van der Waals surface area contributed by atoms with E-state index < -0.39 is 0 Å². The summed E-state index contributed by atoms with van der Waals surface area (Å²) in [5.41, 5.74) is 0. The molecule has 0 spiro atoms. The molecule has 0 aromatic carbocycles. The highest BCUT2D eigenvalue weighted by Gasteiger charge is 2.24. The molecule has 0 aromatic heterocycles. The summed E-state index contributed by atoms with van der Waals surface area (Å²) in [6.45, 7) is 12.8. The Bertz CT molecular complexity index is 281. The minimum atomic E-state index is -0.0790. The van der Waals surface area contributed by atoms with Gasteiger partial charge in [0.2, 0.25) is 5.91 Å². The number of hydrogen-bond acceptors (Lipinski definition) is 3. The zero-order valence-electron chi connectivity index (χ0n) is 13.7. The number of amides is 1. The SMILES string of the molecule is CCCCCNC(=O)C(C)NCC1CCN(C(C)C)C1. The molecule has 1 fully saturated rings. The molecule has 0 bridgehead atoms. The molecule has 1 heterocycles. The first kappa shape index (κ1) is 17.4. The van der Waals surface area contributed by atoms with E-state index in [0.717, 1.165) is 26.1 Å². The van der Waals surface area contributed by atoms with E-state index in [4.69, 9.17) is 0 Å². The Morgan fingerprint density at radius 1 is 1.30 bits per heavy atom. The number of likely N-dealkylation sites (tertiary alicyclic amines) is 1. The first-order valence-electron chi connectivity index (χ1n) is 8.29. The van der Waals surface area contributed by atoms with Crippen LogP contribution in [0.2, 0.25) is 0 Å². The van der Waals surface area contributed by atoms with Crippen molar-refractivity contribution in [3.05, 3.63) is 0 Å². The van der Waals surface area contributed by atoms with Gasteiger partial charge in [0.15, 0.2) is 0 Å². The van der Waals surface area contributed by atoms with Gasteiger partial charge in [0.05, 0.1) is 6.04 Å². The van der Waals surface area contributed by atoms with Crippen LogP contribution in [0.15, 0.2) is 0 Å². The van der Waals surface area contributed by atoms with Crippen molar-refractivity contribution in [1.82, 2.24) is 15.5 Å². The van der Waals surface area contributed by atoms with Crippen LogP contribution in [0.1, 0.15) is 53.4 Å². The molecular formula is C16H33N3O. The van der Waals surface area contributed by atoms with Crippen LogP contribution in [0.4, 0.5) is 0 Å². The Kier molecular flexibility index (Phi) is 8.15. The predicted octanol–water partition coefficient (Wildman–Crippen LogP) is 2.00. The van der Waals surface area contributed by atoms with E-state index in [-0.39, 0.29) is 11.9 Å². The van der Waals surface area contributed by atoms with Gasteiger partial charge in [0.25, 0.3) is 0 Å². The third-order valence-corrected chi connectivity index (χ3v) is 4.23. The molecule has 4 nitrogen and oxygen atoms in total. The van der Waals surface area contributed by atoms with Crippen LogP contribution in [0.25, 0.3) is 0 Å². The maximum absolute atomic E-state index is 11.9. The van der Waals surface area contributed by atoms with E-state index in [9.17, 15) is 4.79 Å². The van der Waals surface area contributed by atoms with Crippen molar-refractivity contribution in [2.75, 3.05) is 26.2 Å². The summed E-state index contributed by atoms with van der Waals surface area (Å²) < 4.78 is 0. The fourth-order valence-electron chi connectivity index (χ4n) is 2.67. The number of nitrogens with zero attached hydrogens (tertiary/aromatic N) is 1. The summed E-state index contributed by atoms with van der Waals surface area (Å²) in [5, 5.41) is 6.39. The molecule has 1 rings (SSSR count). The van der Waals surface area contributed by atoms with Gasteiger partial charge in [-0.3, -0.25) is 4.79 Å². The number of unbranched alkanes of at least 4 members (excludes halogenated alkanes) is 2. The van der Waals surface area contributed by atoms with Gasteiger partial charge in [-0.1, -0.05) is 19.8 Å². The second-order valence-electron chi connectivity index (χ2n) is 6.37. The van der Waals surface area contributed by atoms with E-state index in [1.54, 1.807) is 0 Å². The molecule has 1 aliphatic rings. The maximum atomic E-state index is 11.9. The minimum Gasteiger partial charge on any atom is -0.355 e. The summed E-state index contributed by atoms with van der Waals surface area (Å²) in [7, 11) is 0. The molecule has 2 unspecified atom stereocenters. The van der Waals surface area contributed by atoms with Crippen molar-refractivity contribution in [2.24, 2.45) is 5.92 Å². The molecule has 1 aliphatic heterocycles. The lowest BCUT2D eigenvalue weighted by Crippen LogP contribution is -2.44. The van der Waals surface area contributed by atoms with Crippen molar-refractivity contribution in [3.8, 4) is 0 Å². The van der Waals surface area contributed by atoms with Gasteiger partial charge in [-0.2, -0.15) is 0 Å². The smallest absolute Gasteiger partial charge is 0.236 e. The van der Waals surface area contributed by atoms with E-state index >= 15 is 0 Å². The molecule has 1 amide bonds. The minimum absolute atomic E-state index is 0.0790. The predicted molar refractivity (Wildman–Crippen MR) is 84.8 cm³/mol. The lowest BCUT2D eigenvalue weighted by molar-refractivity contribution is -0.122. The van der Waals surface area contributed by atoms with Gasteiger partial charge >= 0.3 is 0 Å². The fraction of sp³-hybridized carbons (Fsp3) is 0.938. The van der Waals surface area contributed by atoms with E-state index in [1.807, 2.05) is 6.92 Å². The van der Waals surface area contributed by atoms with Crippen LogP contribution >= 0.6 is 0 Å². The molecule has 118 valence electrons. The largest absolute Gasteiger partial charge is 0.355 e. The zero-order chi connectivity index (χ0) is 15.0. The topological polar surface area (TPSA) is 44.4 Å². The van der Waals surface area contributed by atoms with Gasteiger partial charge in [0.1, 0.15) is 0 Å². The number of carbonyl (C=O) groups excluding carboxylic acids is 1. The molecular weight excluding hydrogens is 250 g/mol. The van der Waals surface area contributed by atoms with Crippen molar-refractivity contribution in [2.45, 2.75) is 65.5 Å². The first-order valence-corrected chi connectivity index (χ1v) is 8.29. The van der Waals surface area contributed by atoms with E-state index in [1.165, 1.54) is 25.8 Å². The average molecular weight is 283 g/mol.